The lowest BCUT2D eigenvalue weighted by atomic mass is 10.2. The van der Waals surface area contributed by atoms with Gasteiger partial charge in [0.05, 0.1) is 12.2 Å². The topological polar surface area (TPSA) is 89.8 Å². The fourth-order valence-corrected chi connectivity index (χ4v) is 1.27. The van der Waals surface area contributed by atoms with Gasteiger partial charge in [-0.2, -0.15) is 0 Å². The third-order valence-electron chi connectivity index (χ3n) is 2.08. The Kier molecular flexibility index (Phi) is 4.53. The first-order valence-corrected chi connectivity index (χ1v) is 4.95. The zero-order valence-electron chi connectivity index (χ0n) is 9.09. The fourth-order valence-electron chi connectivity index (χ4n) is 1.27. The van der Waals surface area contributed by atoms with Gasteiger partial charge < -0.3 is 20.2 Å². The second kappa shape index (κ2) is 5.92. The Morgan fingerprint density at radius 1 is 1.69 bits per heavy atom. The summed E-state index contributed by atoms with van der Waals surface area (Å²) >= 11 is 0. The van der Waals surface area contributed by atoms with Crippen LogP contribution in [-0.4, -0.2) is 28.8 Å². The summed E-state index contributed by atoms with van der Waals surface area (Å²) < 4.78 is 6.61. The number of pyridine rings is 1. The normalized spacial score (nSPS) is 11.7. The van der Waals surface area contributed by atoms with Crippen LogP contribution in [0.5, 0.6) is 0 Å². The summed E-state index contributed by atoms with van der Waals surface area (Å²) in [5, 5.41) is 11.3. The lowest BCUT2D eigenvalue weighted by molar-refractivity contribution is 0.138. The molecule has 88 valence electrons. The first-order valence-electron chi connectivity index (χ1n) is 4.95. The minimum atomic E-state index is -0.294. The molecule has 0 aliphatic rings. The number of nitrogens with zero attached hydrogens (tertiary/aromatic N) is 2. The van der Waals surface area contributed by atoms with E-state index in [-0.39, 0.29) is 17.0 Å². The smallest absolute Gasteiger partial charge is 0.261 e. The molecule has 16 heavy (non-hydrogen) atoms. The van der Waals surface area contributed by atoms with Crippen LogP contribution in [0.2, 0.25) is 0 Å². The van der Waals surface area contributed by atoms with Crippen LogP contribution >= 0.6 is 0 Å². The Morgan fingerprint density at radius 2 is 2.44 bits per heavy atom. The molecule has 0 saturated heterocycles. The van der Waals surface area contributed by atoms with Gasteiger partial charge in [0, 0.05) is 19.3 Å². The molecular weight excluding hydrogens is 210 g/mol. The van der Waals surface area contributed by atoms with E-state index in [9.17, 15) is 4.79 Å². The summed E-state index contributed by atoms with van der Waals surface area (Å²) in [6.45, 7) is 3.39. The van der Waals surface area contributed by atoms with Crippen molar-refractivity contribution in [2.24, 2.45) is 10.9 Å². The largest absolute Gasteiger partial charge is 0.409 e. The predicted molar refractivity (Wildman–Crippen MR) is 59.7 cm³/mol. The van der Waals surface area contributed by atoms with Gasteiger partial charge in [-0.25, -0.2) is 0 Å². The number of oxime groups is 1. The van der Waals surface area contributed by atoms with Gasteiger partial charge in [-0.3, -0.25) is 4.79 Å². The lowest BCUT2D eigenvalue weighted by Gasteiger charge is -2.07. The number of aromatic nitrogens is 1. The minimum absolute atomic E-state index is 0.182. The maximum atomic E-state index is 11.8. The molecule has 0 fully saturated rings. The van der Waals surface area contributed by atoms with Crippen LogP contribution in [-0.2, 0) is 11.3 Å². The Hall–Kier alpha value is -1.82. The van der Waals surface area contributed by atoms with Gasteiger partial charge in [-0.1, -0.05) is 5.16 Å². The van der Waals surface area contributed by atoms with Crippen molar-refractivity contribution < 1.29 is 9.94 Å². The van der Waals surface area contributed by atoms with Crippen LogP contribution in [0.1, 0.15) is 12.5 Å². The molecule has 0 spiro atoms. The maximum absolute atomic E-state index is 11.8. The van der Waals surface area contributed by atoms with Crippen LogP contribution in [0.25, 0.3) is 0 Å². The molecule has 0 atom stereocenters. The summed E-state index contributed by atoms with van der Waals surface area (Å²) in [5.41, 5.74) is 5.26. The van der Waals surface area contributed by atoms with Crippen molar-refractivity contribution in [1.29, 1.82) is 0 Å². The Bertz CT molecular complexity index is 426. The summed E-state index contributed by atoms with van der Waals surface area (Å²) in [4.78, 5) is 11.8. The zero-order chi connectivity index (χ0) is 12.0. The number of ether oxygens (including phenoxy) is 1. The van der Waals surface area contributed by atoms with Crippen LogP contribution in [0, 0.1) is 0 Å². The van der Waals surface area contributed by atoms with E-state index < -0.39 is 0 Å². The first-order chi connectivity index (χ1) is 7.70. The molecule has 0 amide bonds. The molecule has 0 aliphatic heterocycles. The molecule has 1 aromatic rings. The molecule has 1 heterocycles. The summed E-state index contributed by atoms with van der Waals surface area (Å²) in [6.07, 6.45) is 1.63. The third kappa shape index (κ3) is 2.83. The van der Waals surface area contributed by atoms with Gasteiger partial charge in [0.15, 0.2) is 5.84 Å². The average molecular weight is 225 g/mol. The van der Waals surface area contributed by atoms with E-state index in [2.05, 4.69) is 5.16 Å². The molecule has 0 aromatic carbocycles. The molecule has 0 bridgehead atoms. The highest BCUT2D eigenvalue weighted by atomic mass is 16.5. The quantitative estimate of drug-likeness (QED) is 0.242. The minimum Gasteiger partial charge on any atom is -0.409 e. The summed E-state index contributed by atoms with van der Waals surface area (Å²) in [7, 11) is 0. The van der Waals surface area contributed by atoms with Crippen molar-refractivity contribution in [2.75, 3.05) is 13.2 Å². The van der Waals surface area contributed by atoms with Crippen LogP contribution in [0.3, 0.4) is 0 Å². The Labute approximate surface area is 92.9 Å². The van der Waals surface area contributed by atoms with Crippen LogP contribution in [0.15, 0.2) is 28.3 Å². The van der Waals surface area contributed by atoms with E-state index in [1.165, 1.54) is 10.6 Å². The number of amidine groups is 1. The molecule has 0 unspecified atom stereocenters. The van der Waals surface area contributed by atoms with E-state index in [4.69, 9.17) is 15.7 Å². The van der Waals surface area contributed by atoms with E-state index in [1.807, 2.05) is 6.92 Å². The van der Waals surface area contributed by atoms with Gasteiger partial charge in [-0.15, -0.1) is 0 Å². The standard InChI is InChI=1S/C10H15N3O3/c1-2-16-7-6-13-5-3-4-8(10(13)14)9(11)12-15/h3-5,15H,2,6-7H2,1H3,(H2,11,12). The molecule has 1 rings (SSSR count). The molecular formula is C10H15N3O3. The molecule has 0 radical (unpaired) electrons. The number of rotatable bonds is 5. The van der Waals surface area contributed by atoms with Crippen molar-refractivity contribution in [3.05, 3.63) is 34.2 Å². The second-order valence-corrected chi connectivity index (χ2v) is 3.10. The number of hydrogen-bond donors (Lipinski definition) is 2. The third-order valence-corrected chi connectivity index (χ3v) is 2.08. The SMILES string of the molecule is CCOCCn1cccc(/C(N)=N/O)c1=O. The molecule has 6 nitrogen and oxygen atoms in total. The predicted octanol–water partition coefficient (Wildman–Crippen LogP) is -0.0207. The average Bonchev–Trinajstić information content (AvgIpc) is 2.30. The van der Waals surface area contributed by atoms with Gasteiger partial charge >= 0.3 is 0 Å². The Morgan fingerprint density at radius 3 is 3.06 bits per heavy atom. The molecule has 0 aliphatic carbocycles. The fraction of sp³-hybridized carbons (Fsp3) is 0.400. The van der Waals surface area contributed by atoms with Crippen molar-refractivity contribution >= 4 is 5.84 Å². The maximum Gasteiger partial charge on any atom is 0.261 e. The second-order valence-electron chi connectivity index (χ2n) is 3.10. The van der Waals surface area contributed by atoms with Gasteiger partial charge in [0.2, 0.25) is 0 Å². The molecule has 3 N–H and O–H groups in total. The Balaban J connectivity index is 2.91. The van der Waals surface area contributed by atoms with Crippen LogP contribution in [0.4, 0.5) is 0 Å². The van der Waals surface area contributed by atoms with E-state index in [1.54, 1.807) is 12.3 Å². The molecule has 1 aromatic heterocycles. The van der Waals surface area contributed by atoms with Crippen molar-refractivity contribution in [3.8, 4) is 0 Å². The zero-order valence-corrected chi connectivity index (χ0v) is 9.09. The van der Waals surface area contributed by atoms with Gasteiger partial charge in [0.1, 0.15) is 0 Å². The first kappa shape index (κ1) is 12.3. The highest BCUT2D eigenvalue weighted by molar-refractivity contribution is 5.96. The van der Waals surface area contributed by atoms with E-state index in [0.717, 1.165) is 0 Å². The number of hydrogen-bond acceptors (Lipinski definition) is 4. The summed E-state index contributed by atoms with van der Waals surface area (Å²) in [5.74, 6) is -0.184. The highest BCUT2D eigenvalue weighted by Gasteiger charge is 2.06. The van der Waals surface area contributed by atoms with Crippen LogP contribution < -0.4 is 11.3 Å². The molecule has 6 heteroatoms. The van der Waals surface area contributed by atoms with Crippen molar-refractivity contribution in [2.45, 2.75) is 13.5 Å². The van der Waals surface area contributed by atoms with Gasteiger partial charge in [-0.05, 0) is 19.1 Å². The highest BCUT2D eigenvalue weighted by Crippen LogP contribution is 1.92. The van der Waals surface area contributed by atoms with E-state index in [0.29, 0.717) is 19.8 Å². The van der Waals surface area contributed by atoms with Crippen molar-refractivity contribution in [3.63, 3.8) is 0 Å². The number of nitrogens with two attached hydrogens (primary N) is 1. The molecule has 0 saturated carbocycles. The van der Waals surface area contributed by atoms with Gasteiger partial charge in [0.25, 0.3) is 5.56 Å². The van der Waals surface area contributed by atoms with E-state index >= 15 is 0 Å². The monoisotopic (exact) mass is 225 g/mol. The lowest BCUT2D eigenvalue weighted by Crippen LogP contribution is -2.30. The van der Waals surface area contributed by atoms with Crippen molar-refractivity contribution in [1.82, 2.24) is 4.57 Å². The summed E-state index contributed by atoms with van der Waals surface area (Å²) in [6, 6.07) is 3.18.